The molecule has 0 fully saturated rings. The Kier molecular flexibility index (Phi) is 4.33. The van der Waals surface area contributed by atoms with Gasteiger partial charge in [0.25, 0.3) is 0 Å². The van der Waals surface area contributed by atoms with Crippen molar-refractivity contribution in [2.24, 2.45) is 0 Å². The van der Waals surface area contributed by atoms with E-state index in [-0.39, 0.29) is 5.41 Å². The maximum atomic E-state index is 5.49. The highest BCUT2D eigenvalue weighted by Gasteiger charge is 2.19. The SMILES string of the molecule is C#CCCOc1cc(NC)nc(C(C)(C)C)n1. The van der Waals surface area contributed by atoms with E-state index in [4.69, 9.17) is 11.2 Å². The maximum absolute atomic E-state index is 5.49. The van der Waals surface area contributed by atoms with E-state index >= 15 is 0 Å². The van der Waals surface area contributed by atoms with Crippen LogP contribution in [-0.4, -0.2) is 23.6 Å². The molecule has 1 rings (SSSR count). The van der Waals surface area contributed by atoms with Crippen LogP contribution in [0, 0.1) is 12.3 Å². The normalized spacial score (nSPS) is 10.8. The molecule has 0 unspecified atom stereocenters. The van der Waals surface area contributed by atoms with E-state index < -0.39 is 0 Å². The Balaban J connectivity index is 2.94. The van der Waals surface area contributed by atoms with Crippen molar-refractivity contribution >= 4 is 5.82 Å². The van der Waals surface area contributed by atoms with Crippen LogP contribution in [0.25, 0.3) is 0 Å². The summed E-state index contributed by atoms with van der Waals surface area (Å²) in [5.74, 6) is 4.59. The molecule has 4 nitrogen and oxygen atoms in total. The van der Waals surface area contributed by atoms with Crippen molar-refractivity contribution in [3.63, 3.8) is 0 Å². The molecule has 0 saturated heterocycles. The van der Waals surface area contributed by atoms with Gasteiger partial charge in [-0.05, 0) is 0 Å². The number of terminal acetylenes is 1. The Morgan fingerprint density at radius 1 is 1.41 bits per heavy atom. The number of rotatable bonds is 4. The number of hydrogen-bond acceptors (Lipinski definition) is 4. The highest BCUT2D eigenvalue weighted by Crippen LogP contribution is 2.23. The first-order valence-electron chi connectivity index (χ1n) is 5.61. The number of ether oxygens (including phenoxy) is 1. The van der Waals surface area contributed by atoms with Crippen LogP contribution >= 0.6 is 0 Å². The van der Waals surface area contributed by atoms with Gasteiger partial charge in [0.05, 0.1) is 0 Å². The zero-order valence-electron chi connectivity index (χ0n) is 10.9. The smallest absolute Gasteiger partial charge is 0.218 e. The fraction of sp³-hybridized carbons (Fsp3) is 0.538. The second-order valence-corrected chi connectivity index (χ2v) is 4.72. The summed E-state index contributed by atoms with van der Waals surface area (Å²) in [5, 5.41) is 3.00. The quantitative estimate of drug-likeness (QED) is 0.640. The van der Waals surface area contributed by atoms with Crippen LogP contribution in [0.5, 0.6) is 5.88 Å². The van der Waals surface area contributed by atoms with Crippen molar-refractivity contribution in [2.45, 2.75) is 32.6 Å². The Morgan fingerprint density at radius 3 is 2.65 bits per heavy atom. The number of nitrogens with one attached hydrogen (secondary N) is 1. The standard InChI is InChI=1S/C13H19N3O/c1-6-7-8-17-11-9-10(14-5)15-12(16-11)13(2,3)4/h1,9H,7-8H2,2-5H3,(H,14,15,16). The van der Waals surface area contributed by atoms with Gasteiger partial charge < -0.3 is 10.1 Å². The monoisotopic (exact) mass is 233 g/mol. The summed E-state index contributed by atoms with van der Waals surface area (Å²) in [5.41, 5.74) is -0.114. The lowest BCUT2D eigenvalue weighted by molar-refractivity contribution is 0.310. The summed E-state index contributed by atoms with van der Waals surface area (Å²) in [6.45, 7) is 6.66. The molecule has 0 aliphatic carbocycles. The molecule has 0 bridgehead atoms. The molecule has 17 heavy (non-hydrogen) atoms. The summed E-state index contributed by atoms with van der Waals surface area (Å²) in [6, 6.07) is 1.77. The second-order valence-electron chi connectivity index (χ2n) is 4.72. The first-order chi connectivity index (χ1) is 7.97. The zero-order valence-corrected chi connectivity index (χ0v) is 10.9. The van der Waals surface area contributed by atoms with Crippen LogP contribution in [-0.2, 0) is 5.41 Å². The number of anilines is 1. The Labute approximate surface area is 103 Å². The largest absolute Gasteiger partial charge is 0.477 e. The van der Waals surface area contributed by atoms with Gasteiger partial charge in [0.2, 0.25) is 5.88 Å². The van der Waals surface area contributed by atoms with E-state index in [1.165, 1.54) is 0 Å². The fourth-order valence-corrected chi connectivity index (χ4v) is 1.18. The van der Waals surface area contributed by atoms with Gasteiger partial charge in [-0.1, -0.05) is 20.8 Å². The van der Waals surface area contributed by atoms with Gasteiger partial charge in [-0.2, -0.15) is 4.98 Å². The lowest BCUT2D eigenvalue weighted by Gasteiger charge is -2.18. The minimum Gasteiger partial charge on any atom is -0.477 e. The molecular weight excluding hydrogens is 214 g/mol. The topological polar surface area (TPSA) is 47.0 Å². The van der Waals surface area contributed by atoms with Gasteiger partial charge in [0.15, 0.2) is 0 Å². The Bertz CT molecular complexity index is 416. The van der Waals surface area contributed by atoms with Gasteiger partial charge in [-0.15, -0.1) is 12.3 Å². The molecule has 92 valence electrons. The van der Waals surface area contributed by atoms with Gasteiger partial charge in [-0.25, -0.2) is 4.98 Å². The summed E-state index contributed by atoms with van der Waals surface area (Å²) in [4.78, 5) is 8.79. The van der Waals surface area contributed by atoms with Crippen LogP contribution < -0.4 is 10.1 Å². The molecule has 1 N–H and O–H groups in total. The zero-order chi connectivity index (χ0) is 12.9. The van der Waals surface area contributed by atoms with Crippen molar-refractivity contribution in [3.05, 3.63) is 11.9 Å². The predicted octanol–water partition coefficient (Wildman–Crippen LogP) is 2.22. The lowest BCUT2D eigenvalue weighted by Crippen LogP contribution is -2.17. The van der Waals surface area contributed by atoms with Crippen molar-refractivity contribution in [3.8, 4) is 18.2 Å². The van der Waals surface area contributed by atoms with Crippen LogP contribution in [0.15, 0.2) is 6.07 Å². The molecule has 0 aliphatic rings. The van der Waals surface area contributed by atoms with Crippen molar-refractivity contribution in [1.82, 2.24) is 9.97 Å². The summed E-state index contributed by atoms with van der Waals surface area (Å²) >= 11 is 0. The first-order valence-corrected chi connectivity index (χ1v) is 5.61. The molecule has 0 atom stereocenters. The molecule has 1 heterocycles. The number of hydrogen-bond donors (Lipinski definition) is 1. The highest BCUT2D eigenvalue weighted by molar-refractivity contribution is 5.38. The molecule has 0 saturated carbocycles. The third kappa shape index (κ3) is 3.95. The van der Waals surface area contributed by atoms with E-state index in [2.05, 4.69) is 42.0 Å². The molecule has 0 spiro atoms. The molecule has 0 radical (unpaired) electrons. The van der Waals surface area contributed by atoms with Crippen LogP contribution in [0.3, 0.4) is 0 Å². The third-order valence-electron chi connectivity index (χ3n) is 2.13. The Hall–Kier alpha value is -1.76. The molecule has 1 aromatic rings. The van der Waals surface area contributed by atoms with Crippen molar-refractivity contribution in [2.75, 3.05) is 19.0 Å². The third-order valence-corrected chi connectivity index (χ3v) is 2.13. The van der Waals surface area contributed by atoms with Gasteiger partial charge in [0, 0.05) is 24.9 Å². The van der Waals surface area contributed by atoms with Crippen LogP contribution in [0.1, 0.15) is 33.0 Å². The summed E-state index contributed by atoms with van der Waals surface area (Å²) < 4.78 is 5.49. The second kappa shape index (κ2) is 5.53. The molecule has 0 aliphatic heterocycles. The average Bonchev–Trinajstić information content (AvgIpc) is 2.28. The Morgan fingerprint density at radius 2 is 2.12 bits per heavy atom. The number of nitrogens with zero attached hydrogens (tertiary/aromatic N) is 2. The first kappa shape index (κ1) is 13.3. The summed E-state index contributed by atoms with van der Waals surface area (Å²) in [7, 11) is 1.82. The molecule has 0 aromatic carbocycles. The van der Waals surface area contributed by atoms with E-state index in [1.807, 2.05) is 7.05 Å². The minimum atomic E-state index is -0.114. The van der Waals surface area contributed by atoms with Crippen LogP contribution in [0.4, 0.5) is 5.82 Å². The van der Waals surface area contributed by atoms with E-state index in [0.29, 0.717) is 18.9 Å². The van der Waals surface area contributed by atoms with Gasteiger partial charge >= 0.3 is 0 Å². The summed E-state index contributed by atoms with van der Waals surface area (Å²) in [6.07, 6.45) is 5.75. The van der Waals surface area contributed by atoms with E-state index in [1.54, 1.807) is 6.07 Å². The number of aromatic nitrogens is 2. The average molecular weight is 233 g/mol. The van der Waals surface area contributed by atoms with Crippen molar-refractivity contribution in [1.29, 1.82) is 0 Å². The predicted molar refractivity (Wildman–Crippen MR) is 69.2 cm³/mol. The molecule has 0 amide bonds. The minimum absolute atomic E-state index is 0.114. The highest BCUT2D eigenvalue weighted by atomic mass is 16.5. The van der Waals surface area contributed by atoms with Crippen LogP contribution in [0.2, 0.25) is 0 Å². The van der Waals surface area contributed by atoms with Crippen molar-refractivity contribution < 1.29 is 4.74 Å². The van der Waals surface area contributed by atoms with E-state index in [9.17, 15) is 0 Å². The lowest BCUT2D eigenvalue weighted by atomic mass is 9.96. The molecular formula is C13H19N3O. The molecule has 4 heteroatoms. The van der Waals surface area contributed by atoms with Gasteiger partial charge in [0.1, 0.15) is 18.2 Å². The fourth-order valence-electron chi connectivity index (χ4n) is 1.18. The van der Waals surface area contributed by atoms with E-state index in [0.717, 1.165) is 11.6 Å². The van der Waals surface area contributed by atoms with Gasteiger partial charge in [-0.3, -0.25) is 0 Å². The maximum Gasteiger partial charge on any atom is 0.218 e. The molecule has 1 aromatic heterocycles.